The van der Waals surface area contributed by atoms with E-state index >= 15 is 0 Å². The minimum Gasteiger partial charge on any atom is -0.481 e. The zero-order chi connectivity index (χ0) is 29.4. The number of nitrogens with two attached hydrogens (primary N) is 1. The summed E-state index contributed by atoms with van der Waals surface area (Å²) in [4.78, 5) is 49.4. The van der Waals surface area contributed by atoms with Gasteiger partial charge < -0.3 is 15.6 Å². The summed E-state index contributed by atoms with van der Waals surface area (Å²) in [5.74, 6) is 1.33. The standard InChI is InChI=1S/C33H53NO6/c1-19(2)16-21(17-29(36)28(34)10-11-30(37)38)31(39)40-23-12-14-32(4)22(18-23)6-7-24-26-9-8-25(20(3)35)33(26,5)15-13-27(24)32/h19,21-28H,6-18,34H2,1-5H3,(H,37,38)/t21-,22+,23-,24+,25-,26+,27+,28+,32+,33-/m1/s1. The molecular weight excluding hydrogens is 506 g/mol. The third-order valence-electron chi connectivity index (χ3n) is 12.0. The molecule has 0 heterocycles. The molecule has 10 atom stereocenters. The Morgan fingerprint density at radius 3 is 2.27 bits per heavy atom. The van der Waals surface area contributed by atoms with Gasteiger partial charge in [0.1, 0.15) is 17.7 Å². The van der Waals surface area contributed by atoms with Gasteiger partial charge in [-0.05, 0) is 118 Å². The Kier molecular flexibility index (Phi) is 9.53. The molecule has 0 aromatic rings. The van der Waals surface area contributed by atoms with E-state index in [2.05, 4.69) is 13.8 Å². The number of hydrogen-bond donors (Lipinski definition) is 2. The van der Waals surface area contributed by atoms with Gasteiger partial charge in [-0.25, -0.2) is 0 Å². The zero-order valence-electron chi connectivity index (χ0n) is 25.5. The summed E-state index contributed by atoms with van der Waals surface area (Å²) in [7, 11) is 0. The predicted octanol–water partition coefficient (Wildman–Crippen LogP) is 5.96. The van der Waals surface area contributed by atoms with Crippen LogP contribution < -0.4 is 5.73 Å². The lowest BCUT2D eigenvalue weighted by molar-refractivity contribution is -0.168. The number of rotatable bonds is 11. The van der Waals surface area contributed by atoms with E-state index in [1.54, 1.807) is 6.92 Å². The number of aliphatic carboxylic acids is 1. The van der Waals surface area contributed by atoms with Crippen LogP contribution >= 0.6 is 0 Å². The summed E-state index contributed by atoms with van der Waals surface area (Å²) in [5, 5.41) is 8.91. The van der Waals surface area contributed by atoms with Crippen molar-refractivity contribution in [2.75, 3.05) is 0 Å². The summed E-state index contributed by atoms with van der Waals surface area (Å²) >= 11 is 0. The molecule has 0 unspecified atom stereocenters. The smallest absolute Gasteiger partial charge is 0.309 e. The van der Waals surface area contributed by atoms with Crippen molar-refractivity contribution in [1.29, 1.82) is 0 Å². The lowest BCUT2D eigenvalue weighted by atomic mass is 9.44. The molecule has 0 saturated heterocycles. The van der Waals surface area contributed by atoms with Crippen LogP contribution in [-0.4, -0.2) is 40.8 Å². The number of fused-ring (bicyclic) bond motifs is 5. The Labute approximate surface area is 240 Å². The predicted molar refractivity (Wildman–Crippen MR) is 153 cm³/mol. The van der Waals surface area contributed by atoms with Crippen LogP contribution in [0, 0.1) is 52.3 Å². The van der Waals surface area contributed by atoms with Gasteiger partial charge in [-0.15, -0.1) is 0 Å². The number of esters is 1. The summed E-state index contributed by atoms with van der Waals surface area (Å²) in [6.07, 6.45) is 10.2. The number of carboxylic acid groups (broad SMARTS) is 1. The van der Waals surface area contributed by atoms with Crippen molar-refractivity contribution in [3.8, 4) is 0 Å². The molecule has 7 heteroatoms. The number of carbonyl (C=O) groups excluding carboxylic acids is 3. The first-order valence-corrected chi connectivity index (χ1v) is 16.0. The number of ether oxygens (including phenoxy) is 1. The number of hydrogen-bond acceptors (Lipinski definition) is 6. The molecule has 226 valence electrons. The maximum Gasteiger partial charge on any atom is 0.309 e. The van der Waals surface area contributed by atoms with E-state index in [1.165, 1.54) is 19.3 Å². The molecule has 40 heavy (non-hydrogen) atoms. The molecule has 3 N–H and O–H groups in total. The Morgan fingerprint density at radius 1 is 0.950 bits per heavy atom. The first-order valence-electron chi connectivity index (χ1n) is 16.0. The highest BCUT2D eigenvalue weighted by Crippen LogP contribution is 2.67. The van der Waals surface area contributed by atoms with E-state index in [1.807, 2.05) is 13.8 Å². The molecule has 0 bridgehead atoms. The summed E-state index contributed by atoms with van der Waals surface area (Å²) in [6, 6.07) is -0.868. The van der Waals surface area contributed by atoms with Crippen LogP contribution in [0.25, 0.3) is 0 Å². The van der Waals surface area contributed by atoms with Crippen LogP contribution in [0.1, 0.15) is 118 Å². The molecule has 7 nitrogen and oxygen atoms in total. The van der Waals surface area contributed by atoms with E-state index in [0.29, 0.717) is 35.9 Å². The Morgan fingerprint density at radius 2 is 1.62 bits per heavy atom. The molecule has 0 radical (unpaired) electrons. The van der Waals surface area contributed by atoms with E-state index in [0.717, 1.165) is 38.5 Å². The molecular formula is C33H53NO6. The monoisotopic (exact) mass is 559 g/mol. The van der Waals surface area contributed by atoms with Crippen molar-refractivity contribution < 1.29 is 29.0 Å². The first-order chi connectivity index (χ1) is 18.8. The second-order valence-corrected chi connectivity index (χ2v) is 14.8. The third kappa shape index (κ3) is 6.19. The van der Waals surface area contributed by atoms with Gasteiger partial charge >= 0.3 is 11.9 Å². The lowest BCUT2D eigenvalue weighted by Crippen LogP contribution is -2.54. The minimum absolute atomic E-state index is 0.0107. The van der Waals surface area contributed by atoms with Gasteiger partial charge in [0.05, 0.1) is 12.0 Å². The lowest BCUT2D eigenvalue weighted by Gasteiger charge is -2.61. The van der Waals surface area contributed by atoms with Crippen LogP contribution in [0.3, 0.4) is 0 Å². The van der Waals surface area contributed by atoms with Crippen LogP contribution in [0.2, 0.25) is 0 Å². The highest BCUT2D eigenvalue weighted by Gasteiger charge is 2.61. The van der Waals surface area contributed by atoms with Crippen LogP contribution in [0.5, 0.6) is 0 Å². The van der Waals surface area contributed by atoms with Crippen molar-refractivity contribution in [1.82, 2.24) is 0 Å². The molecule has 0 spiro atoms. The second-order valence-electron chi connectivity index (χ2n) is 14.8. The SMILES string of the molecule is CC(=O)[C@H]1CC[C@H]2[C@@H]3CC[C@H]4C[C@H](OC(=O)[C@@H](CC(=O)[C@@H](N)CCC(=O)O)CC(C)C)CC[C@]4(C)[C@H]3CC[C@]12C. The first kappa shape index (κ1) is 31.2. The van der Waals surface area contributed by atoms with Crippen LogP contribution in [-0.2, 0) is 23.9 Å². The number of carbonyl (C=O) groups is 4. The highest BCUT2D eigenvalue weighted by molar-refractivity contribution is 5.88. The van der Waals surface area contributed by atoms with Gasteiger partial charge in [0.25, 0.3) is 0 Å². The van der Waals surface area contributed by atoms with E-state index in [9.17, 15) is 19.2 Å². The highest BCUT2D eigenvalue weighted by atomic mass is 16.5. The van der Waals surface area contributed by atoms with Crippen molar-refractivity contribution in [2.24, 2.45) is 58.0 Å². The van der Waals surface area contributed by atoms with Gasteiger partial charge in [0.2, 0.25) is 0 Å². The molecule has 4 aliphatic carbocycles. The Hall–Kier alpha value is -1.76. The molecule has 4 saturated carbocycles. The molecule has 0 aliphatic heterocycles. The minimum atomic E-state index is -0.981. The second kappa shape index (κ2) is 12.2. The average Bonchev–Trinajstić information content (AvgIpc) is 3.24. The van der Waals surface area contributed by atoms with Crippen molar-refractivity contribution in [2.45, 2.75) is 130 Å². The zero-order valence-corrected chi connectivity index (χ0v) is 25.5. The molecule has 0 aromatic heterocycles. The summed E-state index contributed by atoms with van der Waals surface area (Å²) in [6.45, 7) is 10.7. The van der Waals surface area contributed by atoms with Gasteiger partial charge in [-0.1, -0.05) is 27.7 Å². The number of ketones is 2. The Balaban J connectivity index is 1.37. The summed E-state index contributed by atoms with van der Waals surface area (Å²) < 4.78 is 6.13. The van der Waals surface area contributed by atoms with Crippen molar-refractivity contribution >= 4 is 23.5 Å². The van der Waals surface area contributed by atoms with E-state index < -0.39 is 17.9 Å². The largest absolute Gasteiger partial charge is 0.481 e. The maximum absolute atomic E-state index is 13.3. The van der Waals surface area contributed by atoms with E-state index in [-0.39, 0.29) is 59.8 Å². The van der Waals surface area contributed by atoms with Crippen LogP contribution in [0.15, 0.2) is 0 Å². The van der Waals surface area contributed by atoms with Crippen molar-refractivity contribution in [3.63, 3.8) is 0 Å². The molecule has 4 fully saturated rings. The topological polar surface area (TPSA) is 124 Å². The normalized spacial score (nSPS) is 38.5. The summed E-state index contributed by atoms with van der Waals surface area (Å²) in [5.41, 5.74) is 6.38. The van der Waals surface area contributed by atoms with Gasteiger partial charge in [-0.2, -0.15) is 0 Å². The van der Waals surface area contributed by atoms with Crippen molar-refractivity contribution in [3.05, 3.63) is 0 Å². The molecule has 0 amide bonds. The van der Waals surface area contributed by atoms with E-state index in [4.69, 9.17) is 15.6 Å². The average molecular weight is 560 g/mol. The maximum atomic E-state index is 13.3. The van der Waals surface area contributed by atoms with Gasteiger partial charge in [-0.3, -0.25) is 19.2 Å². The molecule has 0 aromatic carbocycles. The Bertz CT molecular complexity index is 978. The molecule has 4 rings (SSSR count). The van der Waals surface area contributed by atoms with Gasteiger partial charge in [0.15, 0.2) is 0 Å². The third-order valence-corrected chi connectivity index (χ3v) is 12.0. The quantitative estimate of drug-likeness (QED) is 0.299. The molecule has 4 aliphatic rings. The fraction of sp³-hybridized carbons (Fsp3) is 0.879. The van der Waals surface area contributed by atoms with Gasteiger partial charge in [0, 0.05) is 18.8 Å². The van der Waals surface area contributed by atoms with Crippen LogP contribution in [0.4, 0.5) is 0 Å². The fourth-order valence-corrected chi connectivity index (χ4v) is 9.92. The number of Topliss-reactive ketones (excluding diaryl/α,β-unsaturated/α-hetero) is 2. The number of carboxylic acids is 1. The fourth-order valence-electron chi connectivity index (χ4n) is 9.92.